The lowest BCUT2D eigenvalue weighted by Gasteiger charge is -2.31. The van der Waals surface area contributed by atoms with Crippen LogP contribution in [0.5, 0.6) is 0 Å². The zero-order valence-corrected chi connectivity index (χ0v) is 12.4. The zero-order chi connectivity index (χ0) is 14.4. The highest BCUT2D eigenvalue weighted by Crippen LogP contribution is 2.15. The predicted octanol–water partition coefficient (Wildman–Crippen LogP) is 2.95. The van der Waals surface area contributed by atoms with Crippen LogP contribution in [0.4, 0.5) is 5.69 Å². The highest BCUT2D eigenvalue weighted by Gasteiger charge is 2.23. The maximum Gasteiger partial charge on any atom is 0.272 e. The number of anilines is 1. The molecular formula is C15H25N3O. The van der Waals surface area contributed by atoms with Gasteiger partial charge in [0.2, 0.25) is 0 Å². The van der Waals surface area contributed by atoms with Crippen molar-refractivity contribution >= 4 is 11.6 Å². The molecule has 1 aromatic rings. The second-order valence-corrected chi connectivity index (χ2v) is 5.30. The number of rotatable bonds is 6. The van der Waals surface area contributed by atoms with Crippen LogP contribution >= 0.6 is 0 Å². The molecule has 19 heavy (non-hydrogen) atoms. The number of amides is 1. The van der Waals surface area contributed by atoms with Crippen molar-refractivity contribution in [2.45, 2.75) is 46.6 Å². The summed E-state index contributed by atoms with van der Waals surface area (Å²) in [5, 5.41) is 0. The van der Waals surface area contributed by atoms with Crippen molar-refractivity contribution in [3.05, 3.63) is 24.0 Å². The SMILES string of the molecule is CCC(CC)N(CC(C)C)C(=O)c1ccc(N)cn1. The summed E-state index contributed by atoms with van der Waals surface area (Å²) >= 11 is 0. The Bertz CT molecular complexity index is 396. The molecule has 0 aliphatic heterocycles. The number of carbonyl (C=O) groups is 1. The molecule has 1 aromatic heterocycles. The Kier molecular flexibility index (Phi) is 5.80. The van der Waals surface area contributed by atoms with Gasteiger partial charge in [-0.2, -0.15) is 0 Å². The quantitative estimate of drug-likeness (QED) is 0.858. The van der Waals surface area contributed by atoms with Crippen LogP contribution in [0.15, 0.2) is 18.3 Å². The number of carbonyl (C=O) groups excluding carboxylic acids is 1. The molecule has 0 aliphatic rings. The second-order valence-electron chi connectivity index (χ2n) is 5.30. The van der Waals surface area contributed by atoms with Gasteiger partial charge < -0.3 is 10.6 Å². The fourth-order valence-electron chi connectivity index (χ4n) is 2.20. The lowest BCUT2D eigenvalue weighted by atomic mass is 10.1. The van der Waals surface area contributed by atoms with Gasteiger partial charge in [0, 0.05) is 12.6 Å². The molecule has 0 bridgehead atoms. The Morgan fingerprint density at radius 2 is 1.95 bits per heavy atom. The monoisotopic (exact) mass is 263 g/mol. The number of nitrogens with zero attached hydrogens (tertiary/aromatic N) is 2. The molecule has 106 valence electrons. The van der Waals surface area contributed by atoms with E-state index in [4.69, 9.17) is 5.73 Å². The molecule has 1 amide bonds. The molecule has 4 heteroatoms. The maximum atomic E-state index is 12.6. The summed E-state index contributed by atoms with van der Waals surface area (Å²) in [6, 6.07) is 3.70. The molecular weight excluding hydrogens is 238 g/mol. The van der Waals surface area contributed by atoms with Gasteiger partial charge in [-0.15, -0.1) is 0 Å². The van der Waals surface area contributed by atoms with Crippen LogP contribution in [0.2, 0.25) is 0 Å². The number of aromatic nitrogens is 1. The van der Waals surface area contributed by atoms with Gasteiger partial charge in [0.05, 0.1) is 11.9 Å². The van der Waals surface area contributed by atoms with Gasteiger partial charge in [-0.05, 0) is 30.9 Å². The normalized spacial score (nSPS) is 11.1. The summed E-state index contributed by atoms with van der Waals surface area (Å²) in [6.45, 7) is 9.24. The third kappa shape index (κ3) is 4.23. The highest BCUT2D eigenvalue weighted by molar-refractivity contribution is 5.92. The predicted molar refractivity (Wildman–Crippen MR) is 78.9 cm³/mol. The molecule has 0 atom stereocenters. The van der Waals surface area contributed by atoms with Gasteiger partial charge in [0.25, 0.3) is 5.91 Å². The fraction of sp³-hybridized carbons (Fsp3) is 0.600. The lowest BCUT2D eigenvalue weighted by molar-refractivity contribution is 0.0634. The first-order valence-corrected chi connectivity index (χ1v) is 7.02. The van der Waals surface area contributed by atoms with Crippen LogP contribution in [-0.4, -0.2) is 28.4 Å². The van der Waals surface area contributed by atoms with Crippen molar-refractivity contribution in [1.29, 1.82) is 0 Å². The topological polar surface area (TPSA) is 59.2 Å². The van der Waals surface area contributed by atoms with E-state index < -0.39 is 0 Å². The summed E-state index contributed by atoms with van der Waals surface area (Å²) in [5.41, 5.74) is 6.66. The van der Waals surface area contributed by atoms with Gasteiger partial charge in [-0.1, -0.05) is 27.7 Å². The van der Waals surface area contributed by atoms with Crippen LogP contribution in [-0.2, 0) is 0 Å². The first kappa shape index (κ1) is 15.5. The van der Waals surface area contributed by atoms with Crippen molar-refractivity contribution in [2.75, 3.05) is 12.3 Å². The molecule has 0 radical (unpaired) electrons. The molecule has 1 rings (SSSR count). The Morgan fingerprint density at radius 1 is 1.32 bits per heavy atom. The van der Waals surface area contributed by atoms with Crippen LogP contribution < -0.4 is 5.73 Å². The summed E-state index contributed by atoms with van der Waals surface area (Å²) in [5.74, 6) is 0.445. The van der Waals surface area contributed by atoms with E-state index in [2.05, 4.69) is 32.7 Å². The largest absolute Gasteiger partial charge is 0.397 e. The molecule has 0 aromatic carbocycles. The smallest absolute Gasteiger partial charge is 0.272 e. The standard InChI is InChI=1S/C15H25N3O/c1-5-13(6-2)18(10-11(3)4)15(19)14-8-7-12(16)9-17-14/h7-9,11,13H,5-6,10,16H2,1-4H3. The molecule has 1 heterocycles. The van der Waals surface area contributed by atoms with Crippen LogP contribution in [0.1, 0.15) is 51.0 Å². The van der Waals surface area contributed by atoms with Gasteiger partial charge in [0.15, 0.2) is 0 Å². The number of hydrogen-bond donors (Lipinski definition) is 1. The van der Waals surface area contributed by atoms with E-state index in [1.807, 2.05) is 4.90 Å². The minimum absolute atomic E-state index is 0.00222. The van der Waals surface area contributed by atoms with E-state index in [0.717, 1.165) is 19.4 Å². The molecule has 4 nitrogen and oxygen atoms in total. The first-order valence-electron chi connectivity index (χ1n) is 7.02. The molecule has 0 spiro atoms. The van der Waals surface area contributed by atoms with E-state index in [-0.39, 0.29) is 11.9 Å². The fourth-order valence-corrected chi connectivity index (χ4v) is 2.20. The molecule has 0 unspecified atom stereocenters. The summed E-state index contributed by atoms with van der Waals surface area (Å²) in [7, 11) is 0. The van der Waals surface area contributed by atoms with Crippen molar-refractivity contribution in [3.8, 4) is 0 Å². The lowest BCUT2D eigenvalue weighted by Crippen LogP contribution is -2.42. The average molecular weight is 263 g/mol. The van der Waals surface area contributed by atoms with Gasteiger partial charge >= 0.3 is 0 Å². The van der Waals surface area contributed by atoms with E-state index in [9.17, 15) is 4.79 Å². The Morgan fingerprint density at radius 3 is 2.37 bits per heavy atom. The third-order valence-electron chi connectivity index (χ3n) is 3.21. The number of hydrogen-bond acceptors (Lipinski definition) is 3. The summed E-state index contributed by atoms with van der Waals surface area (Å²) in [4.78, 5) is 18.7. The van der Waals surface area contributed by atoms with Crippen LogP contribution in [0, 0.1) is 5.92 Å². The highest BCUT2D eigenvalue weighted by atomic mass is 16.2. The van der Waals surface area contributed by atoms with Crippen molar-refractivity contribution in [2.24, 2.45) is 5.92 Å². The Balaban J connectivity index is 2.96. The Labute approximate surface area is 116 Å². The van der Waals surface area contributed by atoms with Gasteiger partial charge in [-0.3, -0.25) is 4.79 Å². The van der Waals surface area contributed by atoms with Crippen molar-refractivity contribution in [3.63, 3.8) is 0 Å². The van der Waals surface area contributed by atoms with Crippen molar-refractivity contribution in [1.82, 2.24) is 9.88 Å². The van der Waals surface area contributed by atoms with E-state index >= 15 is 0 Å². The summed E-state index contributed by atoms with van der Waals surface area (Å²) < 4.78 is 0. The second kappa shape index (κ2) is 7.12. The van der Waals surface area contributed by atoms with Gasteiger partial charge in [0.1, 0.15) is 5.69 Å². The van der Waals surface area contributed by atoms with Crippen LogP contribution in [0.25, 0.3) is 0 Å². The minimum atomic E-state index is 0.00222. The zero-order valence-electron chi connectivity index (χ0n) is 12.4. The molecule has 0 fully saturated rings. The Hall–Kier alpha value is -1.58. The summed E-state index contributed by atoms with van der Waals surface area (Å²) in [6.07, 6.45) is 3.46. The molecule has 0 aliphatic carbocycles. The van der Waals surface area contributed by atoms with Crippen LogP contribution in [0.3, 0.4) is 0 Å². The first-order chi connectivity index (χ1) is 8.99. The minimum Gasteiger partial charge on any atom is -0.397 e. The van der Waals surface area contributed by atoms with Gasteiger partial charge in [-0.25, -0.2) is 4.98 Å². The average Bonchev–Trinajstić information content (AvgIpc) is 2.38. The molecule has 2 N–H and O–H groups in total. The third-order valence-corrected chi connectivity index (χ3v) is 3.21. The maximum absolute atomic E-state index is 12.6. The van der Waals surface area contributed by atoms with E-state index in [1.54, 1.807) is 12.1 Å². The number of pyridine rings is 1. The molecule has 0 saturated carbocycles. The molecule has 0 saturated heterocycles. The number of nitrogen functional groups attached to an aromatic ring is 1. The van der Waals surface area contributed by atoms with E-state index in [1.165, 1.54) is 6.20 Å². The van der Waals surface area contributed by atoms with E-state index in [0.29, 0.717) is 17.3 Å². The number of nitrogens with two attached hydrogens (primary N) is 1. The van der Waals surface area contributed by atoms with Crippen molar-refractivity contribution < 1.29 is 4.79 Å².